The zero-order valence-corrected chi connectivity index (χ0v) is 14.4. The molecule has 106 valence electrons. The minimum absolute atomic E-state index is 0.0958. The maximum absolute atomic E-state index is 12.3. The highest BCUT2D eigenvalue weighted by Gasteiger charge is 2.31. The lowest BCUT2D eigenvalue weighted by atomic mass is 9.82. The van der Waals surface area contributed by atoms with Gasteiger partial charge in [-0.2, -0.15) is 12.6 Å². The average Bonchev–Trinajstić information content (AvgIpc) is 2.65. The summed E-state index contributed by atoms with van der Waals surface area (Å²) in [7, 11) is 0. The monoisotopic (exact) mass is 392 g/mol. The SMILES string of the molecule is Cc1ncc(I)c(=O)n1CC1(CS)CCCCCC1. The lowest BCUT2D eigenvalue weighted by molar-refractivity contribution is 0.234. The fourth-order valence-electron chi connectivity index (χ4n) is 2.92. The average molecular weight is 392 g/mol. The topological polar surface area (TPSA) is 34.9 Å². The van der Waals surface area contributed by atoms with Crippen molar-refractivity contribution in [2.75, 3.05) is 5.75 Å². The fourth-order valence-corrected chi connectivity index (χ4v) is 3.76. The lowest BCUT2D eigenvalue weighted by Gasteiger charge is -2.32. The molecule has 0 amide bonds. The first kappa shape index (κ1) is 15.4. The minimum atomic E-state index is 0.0958. The van der Waals surface area contributed by atoms with Crippen molar-refractivity contribution in [1.82, 2.24) is 9.55 Å². The molecule has 0 radical (unpaired) electrons. The third-order valence-corrected chi connectivity index (χ3v) is 5.61. The van der Waals surface area contributed by atoms with Crippen molar-refractivity contribution in [3.05, 3.63) is 25.9 Å². The van der Waals surface area contributed by atoms with Gasteiger partial charge in [-0.05, 0) is 53.5 Å². The van der Waals surface area contributed by atoms with Crippen LogP contribution < -0.4 is 5.56 Å². The Morgan fingerprint density at radius 1 is 1.37 bits per heavy atom. The van der Waals surface area contributed by atoms with Crippen LogP contribution in [0.3, 0.4) is 0 Å². The van der Waals surface area contributed by atoms with E-state index in [1.54, 1.807) is 6.20 Å². The Morgan fingerprint density at radius 3 is 2.58 bits per heavy atom. The summed E-state index contributed by atoms with van der Waals surface area (Å²) in [5.41, 5.74) is 0.263. The van der Waals surface area contributed by atoms with Crippen LogP contribution in [0.5, 0.6) is 0 Å². The summed E-state index contributed by atoms with van der Waals surface area (Å²) >= 11 is 6.65. The number of thiol groups is 1. The number of aromatic nitrogens is 2. The molecular formula is C14H21IN2OS. The summed E-state index contributed by atoms with van der Waals surface area (Å²) in [5, 5.41) is 0. The van der Waals surface area contributed by atoms with E-state index in [9.17, 15) is 4.79 Å². The summed E-state index contributed by atoms with van der Waals surface area (Å²) < 4.78 is 2.55. The number of rotatable bonds is 3. The number of hydrogen-bond donors (Lipinski definition) is 1. The molecule has 1 aromatic rings. The van der Waals surface area contributed by atoms with Crippen LogP contribution in [0.15, 0.2) is 11.0 Å². The van der Waals surface area contributed by atoms with Gasteiger partial charge in [0.2, 0.25) is 0 Å². The molecule has 1 saturated carbocycles. The molecule has 0 aliphatic heterocycles. The van der Waals surface area contributed by atoms with Crippen LogP contribution in [0.25, 0.3) is 0 Å². The van der Waals surface area contributed by atoms with Crippen molar-refractivity contribution in [1.29, 1.82) is 0 Å². The summed E-state index contributed by atoms with van der Waals surface area (Å²) in [5.74, 6) is 1.67. The van der Waals surface area contributed by atoms with Gasteiger partial charge in [0.1, 0.15) is 5.82 Å². The van der Waals surface area contributed by atoms with Gasteiger partial charge in [-0.25, -0.2) is 4.98 Å². The van der Waals surface area contributed by atoms with E-state index in [4.69, 9.17) is 0 Å². The van der Waals surface area contributed by atoms with Crippen LogP contribution in [0.1, 0.15) is 44.3 Å². The summed E-state index contributed by atoms with van der Waals surface area (Å²) in [4.78, 5) is 16.6. The summed E-state index contributed by atoms with van der Waals surface area (Å²) in [6.45, 7) is 2.69. The first-order valence-corrected chi connectivity index (χ1v) is 8.62. The largest absolute Gasteiger partial charge is 0.295 e. The van der Waals surface area contributed by atoms with Crippen molar-refractivity contribution in [2.45, 2.75) is 52.0 Å². The molecule has 3 nitrogen and oxygen atoms in total. The first-order valence-electron chi connectivity index (χ1n) is 6.91. The molecular weight excluding hydrogens is 371 g/mol. The fraction of sp³-hybridized carbons (Fsp3) is 0.714. The second-order valence-electron chi connectivity index (χ2n) is 5.62. The van der Waals surface area contributed by atoms with E-state index in [-0.39, 0.29) is 11.0 Å². The molecule has 1 fully saturated rings. The third kappa shape index (κ3) is 3.54. The lowest BCUT2D eigenvalue weighted by Crippen LogP contribution is -2.36. The van der Waals surface area contributed by atoms with Gasteiger partial charge in [-0.3, -0.25) is 9.36 Å². The highest BCUT2D eigenvalue weighted by molar-refractivity contribution is 14.1. The molecule has 1 aliphatic carbocycles. The van der Waals surface area contributed by atoms with Crippen molar-refractivity contribution in [3.8, 4) is 0 Å². The highest BCUT2D eigenvalue weighted by Crippen LogP contribution is 2.37. The first-order chi connectivity index (χ1) is 9.08. The van der Waals surface area contributed by atoms with Gasteiger partial charge in [0.15, 0.2) is 0 Å². The standard InChI is InChI=1S/C14H21IN2OS/c1-11-16-8-12(15)13(18)17(11)9-14(10-19)6-4-2-3-5-7-14/h8,19H,2-7,9-10H2,1H3. The number of halogens is 1. The van der Waals surface area contributed by atoms with E-state index >= 15 is 0 Å². The maximum Gasteiger partial charge on any atom is 0.266 e. The molecule has 2 rings (SSSR count). The molecule has 19 heavy (non-hydrogen) atoms. The molecule has 0 atom stereocenters. The van der Waals surface area contributed by atoms with Gasteiger partial charge in [0.25, 0.3) is 5.56 Å². The second-order valence-corrected chi connectivity index (χ2v) is 7.10. The Kier molecular flexibility index (Phi) is 5.34. The van der Waals surface area contributed by atoms with Gasteiger partial charge >= 0.3 is 0 Å². The van der Waals surface area contributed by atoms with Gasteiger partial charge in [0, 0.05) is 12.7 Å². The summed E-state index contributed by atoms with van der Waals surface area (Å²) in [6.07, 6.45) is 9.15. The summed E-state index contributed by atoms with van der Waals surface area (Å²) in [6, 6.07) is 0. The Labute approximate surface area is 133 Å². The zero-order valence-electron chi connectivity index (χ0n) is 11.4. The molecule has 0 N–H and O–H groups in total. The predicted octanol–water partition coefficient (Wildman–Crippen LogP) is 3.43. The predicted molar refractivity (Wildman–Crippen MR) is 89.9 cm³/mol. The van der Waals surface area contributed by atoms with Gasteiger partial charge < -0.3 is 0 Å². The smallest absolute Gasteiger partial charge is 0.266 e. The Morgan fingerprint density at radius 2 is 2.00 bits per heavy atom. The molecule has 0 bridgehead atoms. The van der Waals surface area contributed by atoms with Crippen LogP contribution in [0, 0.1) is 15.9 Å². The van der Waals surface area contributed by atoms with Crippen LogP contribution in [-0.2, 0) is 6.54 Å². The van der Waals surface area contributed by atoms with Crippen LogP contribution in [0.2, 0.25) is 0 Å². The molecule has 0 spiro atoms. The van der Waals surface area contributed by atoms with Gasteiger partial charge in [-0.1, -0.05) is 25.7 Å². The van der Waals surface area contributed by atoms with Crippen LogP contribution in [-0.4, -0.2) is 15.3 Å². The Hall–Kier alpha value is -0.0400. The van der Waals surface area contributed by atoms with Crippen molar-refractivity contribution in [3.63, 3.8) is 0 Å². The maximum atomic E-state index is 12.3. The Balaban J connectivity index is 2.32. The van der Waals surface area contributed by atoms with Gasteiger partial charge in [-0.15, -0.1) is 0 Å². The van der Waals surface area contributed by atoms with Crippen molar-refractivity contribution in [2.24, 2.45) is 5.41 Å². The molecule has 5 heteroatoms. The van der Waals surface area contributed by atoms with E-state index < -0.39 is 0 Å². The molecule has 0 saturated heterocycles. The van der Waals surface area contributed by atoms with E-state index in [1.165, 1.54) is 38.5 Å². The van der Waals surface area contributed by atoms with Crippen LogP contribution in [0.4, 0.5) is 0 Å². The number of nitrogens with zero attached hydrogens (tertiary/aromatic N) is 2. The molecule has 1 heterocycles. The van der Waals surface area contributed by atoms with E-state index in [0.29, 0.717) is 3.57 Å². The number of aryl methyl sites for hydroxylation is 1. The Bertz CT molecular complexity index is 493. The highest BCUT2D eigenvalue weighted by atomic mass is 127. The second kappa shape index (κ2) is 6.61. The minimum Gasteiger partial charge on any atom is -0.295 e. The normalized spacial score (nSPS) is 19.1. The van der Waals surface area contributed by atoms with Crippen molar-refractivity contribution < 1.29 is 0 Å². The molecule has 0 aromatic carbocycles. The zero-order chi connectivity index (χ0) is 13.9. The van der Waals surface area contributed by atoms with Crippen molar-refractivity contribution >= 4 is 35.2 Å². The van der Waals surface area contributed by atoms with Crippen LogP contribution >= 0.6 is 35.2 Å². The van der Waals surface area contributed by atoms with E-state index in [2.05, 4.69) is 40.2 Å². The van der Waals surface area contributed by atoms with Gasteiger partial charge in [0.05, 0.1) is 3.57 Å². The third-order valence-electron chi connectivity index (χ3n) is 4.20. The number of hydrogen-bond acceptors (Lipinski definition) is 3. The molecule has 1 aromatic heterocycles. The van der Waals surface area contributed by atoms with E-state index in [0.717, 1.165) is 18.1 Å². The quantitative estimate of drug-likeness (QED) is 0.486. The molecule has 1 aliphatic rings. The van der Waals surface area contributed by atoms with E-state index in [1.807, 2.05) is 11.5 Å². The molecule has 0 unspecified atom stereocenters.